The van der Waals surface area contributed by atoms with Gasteiger partial charge < -0.3 is 4.98 Å². The molecule has 2 aromatic rings. The second-order valence-corrected chi connectivity index (χ2v) is 5.09. The van der Waals surface area contributed by atoms with Crippen LogP contribution in [0.2, 0.25) is 0 Å². The van der Waals surface area contributed by atoms with E-state index in [1.807, 2.05) is 6.92 Å². The molecule has 0 unspecified atom stereocenters. The zero-order valence-electron chi connectivity index (χ0n) is 12.0. The highest BCUT2D eigenvalue weighted by molar-refractivity contribution is 5.70. The number of aryl methyl sites for hydroxylation is 5. The molecular formula is C16H19N3. The number of benzene rings is 1. The van der Waals surface area contributed by atoms with Crippen molar-refractivity contribution in [3.63, 3.8) is 0 Å². The Labute approximate surface area is 114 Å². The van der Waals surface area contributed by atoms with Gasteiger partial charge in [-0.1, -0.05) is 17.7 Å². The van der Waals surface area contributed by atoms with E-state index in [1.54, 1.807) is 0 Å². The molecule has 0 bridgehead atoms. The zero-order valence-corrected chi connectivity index (χ0v) is 12.0. The van der Waals surface area contributed by atoms with Gasteiger partial charge in [-0.05, 0) is 38.8 Å². The molecule has 1 aromatic heterocycles. The van der Waals surface area contributed by atoms with Gasteiger partial charge in [0.05, 0.1) is 11.8 Å². The maximum Gasteiger partial charge on any atom is 0.108 e. The lowest BCUT2D eigenvalue weighted by Crippen LogP contribution is -1.92. The maximum absolute atomic E-state index is 8.65. The van der Waals surface area contributed by atoms with Crippen molar-refractivity contribution >= 4 is 0 Å². The Morgan fingerprint density at radius 3 is 2.37 bits per heavy atom. The summed E-state index contributed by atoms with van der Waals surface area (Å²) >= 11 is 0. The van der Waals surface area contributed by atoms with Crippen molar-refractivity contribution in [2.75, 3.05) is 0 Å². The lowest BCUT2D eigenvalue weighted by Gasteiger charge is -2.09. The van der Waals surface area contributed by atoms with Crippen LogP contribution >= 0.6 is 0 Å². The molecule has 0 saturated carbocycles. The molecular weight excluding hydrogens is 234 g/mol. The average molecular weight is 253 g/mol. The van der Waals surface area contributed by atoms with Crippen LogP contribution in [0.1, 0.15) is 34.6 Å². The first-order chi connectivity index (χ1) is 9.02. The van der Waals surface area contributed by atoms with Gasteiger partial charge in [0.2, 0.25) is 0 Å². The number of nitrogens with zero attached hydrogens (tertiary/aromatic N) is 2. The van der Waals surface area contributed by atoms with Crippen LogP contribution in [0, 0.1) is 39.0 Å². The van der Waals surface area contributed by atoms with Crippen molar-refractivity contribution < 1.29 is 0 Å². The highest BCUT2D eigenvalue weighted by Gasteiger charge is 2.13. The van der Waals surface area contributed by atoms with Crippen molar-refractivity contribution in [2.45, 2.75) is 40.5 Å². The smallest absolute Gasteiger partial charge is 0.108 e. The Hall–Kier alpha value is -2.08. The number of nitrogens with one attached hydrogen (secondary N) is 1. The average Bonchev–Trinajstić information content (AvgIpc) is 2.67. The highest BCUT2D eigenvalue weighted by atomic mass is 14.9. The molecule has 1 aromatic carbocycles. The molecule has 0 aliphatic rings. The Morgan fingerprint density at radius 2 is 1.79 bits per heavy atom. The summed E-state index contributed by atoms with van der Waals surface area (Å²) in [4.78, 5) is 7.95. The topological polar surface area (TPSA) is 52.5 Å². The van der Waals surface area contributed by atoms with Crippen molar-refractivity contribution in [3.05, 3.63) is 40.3 Å². The van der Waals surface area contributed by atoms with Gasteiger partial charge in [0, 0.05) is 24.1 Å². The number of hydrogen-bond donors (Lipinski definition) is 1. The first-order valence-corrected chi connectivity index (χ1v) is 6.53. The monoisotopic (exact) mass is 253 g/mol. The Kier molecular flexibility index (Phi) is 3.71. The molecule has 0 spiro atoms. The van der Waals surface area contributed by atoms with Crippen LogP contribution in [0.25, 0.3) is 11.3 Å². The summed E-state index contributed by atoms with van der Waals surface area (Å²) in [5.74, 6) is 0.897. The van der Waals surface area contributed by atoms with Crippen molar-refractivity contribution in [1.82, 2.24) is 9.97 Å². The minimum absolute atomic E-state index is 0.498. The van der Waals surface area contributed by atoms with E-state index in [0.29, 0.717) is 12.8 Å². The molecule has 1 heterocycles. The number of nitriles is 1. The summed E-state index contributed by atoms with van der Waals surface area (Å²) in [7, 11) is 0. The minimum atomic E-state index is 0.498. The predicted molar refractivity (Wildman–Crippen MR) is 76.9 cm³/mol. The molecule has 2 rings (SSSR count). The predicted octanol–water partition coefficient (Wildman–Crippen LogP) is 3.77. The lowest BCUT2D eigenvalue weighted by molar-refractivity contribution is 0.913. The molecule has 3 nitrogen and oxygen atoms in total. The highest BCUT2D eigenvalue weighted by Crippen LogP contribution is 2.29. The first-order valence-electron chi connectivity index (χ1n) is 6.53. The van der Waals surface area contributed by atoms with E-state index in [0.717, 1.165) is 17.2 Å². The Bertz CT molecular complexity index is 621. The first kappa shape index (κ1) is 13.4. The number of rotatable bonds is 3. The number of H-pyrrole nitrogens is 1. The Balaban J connectivity index is 2.48. The molecule has 0 atom stereocenters. The molecule has 19 heavy (non-hydrogen) atoms. The third kappa shape index (κ3) is 2.68. The van der Waals surface area contributed by atoms with E-state index < -0.39 is 0 Å². The molecule has 0 fully saturated rings. The summed E-state index contributed by atoms with van der Waals surface area (Å²) in [6, 6.07) is 6.53. The fourth-order valence-electron chi connectivity index (χ4n) is 2.61. The second kappa shape index (κ2) is 5.27. The fraction of sp³-hybridized carbons (Fsp3) is 0.375. The van der Waals surface area contributed by atoms with Gasteiger partial charge in [-0.2, -0.15) is 5.26 Å². The molecule has 3 heteroatoms. The molecule has 0 saturated heterocycles. The van der Waals surface area contributed by atoms with Gasteiger partial charge in [0.25, 0.3) is 0 Å². The quantitative estimate of drug-likeness (QED) is 0.905. The van der Waals surface area contributed by atoms with Gasteiger partial charge in [0.15, 0.2) is 0 Å². The van der Waals surface area contributed by atoms with Crippen LogP contribution in [0.3, 0.4) is 0 Å². The third-order valence-corrected chi connectivity index (χ3v) is 3.32. The number of aromatic amines is 1. The standard InChI is InChI=1S/C16H19N3/c1-10-8-11(2)15(12(3)9-10)16-13(4)18-14(19-16)6-5-7-17/h8-9H,5-6H2,1-4H3,(H,18,19). The van der Waals surface area contributed by atoms with Crippen LogP contribution in [-0.4, -0.2) is 9.97 Å². The third-order valence-electron chi connectivity index (χ3n) is 3.32. The second-order valence-electron chi connectivity index (χ2n) is 5.09. The fourth-order valence-corrected chi connectivity index (χ4v) is 2.61. The minimum Gasteiger partial charge on any atom is -0.346 e. The SMILES string of the molecule is Cc1cc(C)c(-c2nc(CCC#N)[nH]c2C)c(C)c1. The summed E-state index contributed by atoms with van der Waals surface area (Å²) < 4.78 is 0. The van der Waals surface area contributed by atoms with Crippen LogP contribution in [0.5, 0.6) is 0 Å². The summed E-state index contributed by atoms with van der Waals surface area (Å²) in [6.45, 7) is 8.40. The summed E-state index contributed by atoms with van der Waals surface area (Å²) in [6.07, 6.45) is 1.18. The van der Waals surface area contributed by atoms with E-state index in [1.165, 1.54) is 22.3 Å². The normalized spacial score (nSPS) is 10.5. The van der Waals surface area contributed by atoms with E-state index in [9.17, 15) is 0 Å². The number of aromatic nitrogens is 2. The van der Waals surface area contributed by atoms with Gasteiger partial charge in [-0.3, -0.25) is 0 Å². The van der Waals surface area contributed by atoms with Crippen LogP contribution in [0.4, 0.5) is 0 Å². The van der Waals surface area contributed by atoms with E-state index in [2.05, 4.69) is 48.9 Å². The molecule has 0 aliphatic heterocycles. The maximum atomic E-state index is 8.65. The number of imidazole rings is 1. The molecule has 0 aliphatic carbocycles. The summed E-state index contributed by atoms with van der Waals surface area (Å²) in [5.41, 5.74) is 7.07. The van der Waals surface area contributed by atoms with Crippen molar-refractivity contribution in [3.8, 4) is 17.3 Å². The Morgan fingerprint density at radius 1 is 1.16 bits per heavy atom. The molecule has 0 radical (unpaired) electrons. The van der Waals surface area contributed by atoms with Gasteiger partial charge >= 0.3 is 0 Å². The molecule has 0 amide bonds. The van der Waals surface area contributed by atoms with Gasteiger partial charge in [-0.25, -0.2) is 4.98 Å². The van der Waals surface area contributed by atoms with E-state index in [4.69, 9.17) is 5.26 Å². The molecule has 1 N–H and O–H groups in total. The van der Waals surface area contributed by atoms with Crippen LogP contribution < -0.4 is 0 Å². The lowest BCUT2D eigenvalue weighted by atomic mass is 9.96. The largest absolute Gasteiger partial charge is 0.346 e. The van der Waals surface area contributed by atoms with Crippen molar-refractivity contribution in [2.24, 2.45) is 0 Å². The van der Waals surface area contributed by atoms with Crippen molar-refractivity contribution in [1.29, 1.82) is 5.26 Å². The van der Waals surface area contributed by atoms with Gasteiger partial charge in [-0.15, -0.1) is 0 Å². The van der Waals surface area contributed by atoms with E-state index >= 15 is 0 Å². The van der Waals surface area contributed by atoms with Crippen LogP contribution in [-0.2, 0) is 6.42 Å². The molecule has 98 valence electrons. The summed E-state index contributed by atoms with van der Waals surface area (Å²) in [5, 5.41) is 8.65. The van der Waals surface area contributed by atoms with E-state index in [-0.39, 0.29) is 0 Å². The van der Waals surface area contributed by atoms with Crippen LogP contribution in [0.15, 0.2) is 12.1 Å². The number of hydrogen-bond acceptors (Lipinski definition) is 2. The van der Waals surface area contributed by atoms with Gasteiger partial charge in [0.1, 0.15) is 5.82 Å². The zero-order chi connectivity index (χ0) is 14.0.